The van der Waals surface area contributed by atoms with Crippen LogP contribution in [0.5, 0.6) is 0 Å². The molecule has 1 saturated carbocycles. The standard InChI is InChI=1S/C24H34N2O5.ClH/c1-17(27)18-4-5-22-21(16-18)26(23(28)31-22)19-8-12-25(13-9-19)24(2)10-6-20(7-11-24)30-15-14-29-3;/h4-5,16,19-20H,6-15H2,1-3H3;1H/t20-,24-;. The molecule has 0 radical (unpaired) electrons. The number of ketones is 1. The molecule has 2 fully saturated rings. The highest BCUT2D eigenvalue weighted by Gasteiger charge is 2.38. The van der Waals surface area contributed by atoms with Crippen molar-refractivity contribution in [3.8, 4) is 0 Å². The summed E-state index contributed by atoms with van der Waals surface area (Å²) >= 11 is 0. The summed E-state index contributed by atoms with van der Waals surface area (Å²) in [6.45, 7) is 7.15. The molecule has 0 unspecified atom stereocenters. The number of fused-ring (bicyclic) bond motifs is 1. The third kappa shape index (κ3) is 5.11. The molecule has 2 aliphatic rings. The zero-order chi connectivity index (χ0) is 22.0. The van der Waals surface area contributed by atoms with Crippen LogP contribution in [0.15, 0.2) is 27.4 Å². The molecule has 0 atom stereocenters. The molecule has 1 aliphatic heterocycles. The number of aromatic nitrogens is 1. The van der Waals surface area contributed by atoms with Crippen molar-refractivity contribution in [2.45, 2.75) is 70.1 Å². The Morgan fingerprint density at radius 3 is 2.47 bits per heavy atom. The van der Waals surface area contributed by atoms with Crippen molar-refractivity contribution < 1.29 is 18.7 Å². The highest BCUT2D eigenvalue weighted by molar-refractivity contribution is 5.97. The van der Waals surface area contributed by atoms with Gasteiger partial charge in [0.15, 0.2) is 11.4 Å². The van der Waals surface area contributed by atoms with E-state index in [-0.39, 0.29) is 35.5 Å². The summed E-state index contributed by atoms with van der Waals surface area (Å²) in [4.78, 5) is 27.0. The molecule has 7 nitrogen and oxygen atoms in total. The van der Waals surface area contributed by atoms with E-state index in [0.29, 0.717) is 30.5 Å². The van der Waals surface area contributed by atoms with Crippen LogP contribution < -0.4 is 5.76 Å². The zero-order valence-corrected chi connectivity index (χ0v) is 20.1. The SMILES string of the molecule is COCCO[C@H]1CC[C@](C)(N2CCC(n3c(=O)oc4ccc(C(C)=O)cc43)CC2)CC1.Cl. The van der Waals surface area contributed by atoms with Gasteiger partial charge < -0.3 is 13.9 Å². The third-order valence-electron chi connectivity index (χ3n) is 7.26. The number of methoxy groups -OCH3 is 1. The first-order valence-electron chi connectivity index (χ1n) is 11.4. The van der Waals surface area contributed by atoms with Gasteiger partial charge in [0.25, 0.3) is 0 Å². The van der Waals surface area contributed by atoms with E-state index in [2.05, 4.69) is 11.8 Å². The van der Waals surface area contributed by atoms with Crippen molar-refractivity contribution in [1.29, 1.82) is 0 Å². The number of oxazole rings is 1. The van der Waals surface area contributed by atoms with E-state index in [1.54, 1.807) is 36.8 Å². The van der Waals surface area contributed by atoms with Gasteiger partial charge in [0.05, 0.1) is 24.8 Å². The summed E-state index contributed by atoms with van der Waals surface area (Å²) in [6.07, 6.45) is 6.58. The number of hydrogen-bond donors (Lipinski definition) is 0. The summed E-state index contributed by atoms with van der Waals surface area (Å²) in [5, 5.41) is 0. The average Bonchev–Trinajstić information content (AvgIpc) is 3.10. The zero-order valence-electron chi connectivity index (χ0n) is 19.3. The molecule has 1 saturated heterocycles. The lowest BCUT2D eigenvalue weighted by atomic mass is 9.79. The minimum absolute atomic E-state index is 0. The number of likely N-dealkylation sites (tertiary alicyclic amines) is 1. The van der Waals surface area contributed by atoms with Crippen LogP contribution >= 0.6 is 12.4 Å². The summed E-state index contributed by atoms with van der Waals surface area (Å²) in [5.74, 6) is -0.333. The topological polar surface area (TPSA) is 73.9 Å². The summed E-state index contributed by atoms with van der Waals surface area (Å²) < 4.78 is 18.2. The Hall–Kier alpha value is -1.67. The maximum absolute atomic E-state index is 12.6. The van der Waals surface area contributed by atoms with E-state index in [9.17, 15) is 9.59 Å². The second kappa shape index (κ2) is 10.5. The molecule has 2 heterocycles. The van der Waals surface area contributed by atoms with E-state index >= 15 is 0 Å². The first-order valence-corrected chi connectivity index (χ1v) is 11.4. The molecule has 32 heavy (non-hydrogen) atoms. The molecule has 0 amide bonds. The van der Waals surface area contributed by atoms with Crippen LogP contribution in [0.2, 0.25) is 0 Å². The van der Waals surface area contributed by atoms with Crippen molar-refractivity contribution in [1.82, 2.24) is 9.47 Å². The average molecular weight is 467 g/mol. The predicted octanol–water partition coefficient (Wildman–Crippen LogP) is 4.22. The normalized spacial score (nSPS) is 25.0. The van der Waals surface area contributed by atoms with Crippen LogP contribution in [0, 0.1) is 0 Å². The molecule has 0 N–H and O–H groups in total. The van der Waals surface area contributed by atoms with Gasteiger partial charge in [-0.3, -0.25) is 14.3 Å². The number of nitrogens with zero attached hydrogens (tertiary/aromatic N) is 2. The van der Waals surface area contributed by atoms with Crippen molar-refractivity contribution >= 4 is 29.3 Å². The first kappa shape index (κ1) is 25.0. The van der Waals surface area contributed by atoms with Gasteiger partial charge in [0.2, 0.25) is 0 Å². The van der Waals surface area contributed by atoms with Gasteiger partial charge in [-0.05, 0) is 70.6 Å². The lowest BCUT2D eigenvalue weighted by Gasteiger charge is -2.48. The van der Waals surface area contributed by atoms with Gasteiger partial charge in [-0.15, -0.1) is 12.4 Å². The smallest absolute Gasteiger partial charge is 0.408 e. The van der Waals surface area contributed by atoms with Crippen LogP contribution in [0.3, 0.4) is 0 Å². The molecule has 8 heteroatoms. The lowest BCUT2D eigenvalue weighted by Crippen LogP contribution is -2.53. The van der Waals surface area contributed by atoms with Gasteiger partial charge in [0, 0.05) is 37.3 Å². The van der Waals surface area contributed by atoms with E-state index < -0.39 is 0 Å². The maximum atomic E-state index is 12.6. The highest BCUT2D eigenvalue weighted by atomic mass is 35.5. The highest BCUT2D eigenvalue weighted by Crippen LogP contribution is 2.38. The van der Waals surface area contributed by atoms with Crippen molar-refractivity contribution in [3.05, 3.63) is 34.3 Å². The number of ether oxygens (including phenoxy) is 2. The Labute approximate surface area is 195 Å². The van der Waals surface area contributed by atoms with Gasteiger partial charge in [0.1, 0.15) is 0 Å². The van der Waals surface area contributed by atoms with E-state index in [0.717, 1.165) is 57.1 Å². The number of rotatable bonds is 7. The molecule has 178 valence electrons. The summed E-state index contributed by atoms with van der Waals surface area (Å²) in [5.41, 5.74) is 2.08. The Morgan fingerprint density at radius 2 is 1.84 bits per heavy atom. The minimum Gasteiger partial charge on any atom is -0.408 e. The molecule has 0 bridgehead atoms. The number of piperidine rings is 1. The van der Waals surface area contributed by atoms with Crippen molar-refractivity contribution in [2.24, 2.45) is 0 Å². The third-order valence-corrected chi connectivity index (χ3v) is 7.26. The number of hydrogen-bond acceptors (Lipinski definition) is 6. The monoisotopic (exact) mass is 466 g/mol. The predicted molar refractivity (Wildman–Crippen MR) is 126 cm³/mol. The number of Topliss-reactive ketones (excluding diaryl/α,β-unsaturated/α-hetero) is 1. The Balaban J connectivity index is 0.00000289. The summed E-state index contributed by atoms with van der Waals surface area (Å²) in [7, 11) is 1.70. The van der Waals surface area contributed by atoms with E-state index in [4.69, 9.17) is 13.9 Å². The van der Waals surface area contributed by atoms with Gasteiger partial charge in [-0.2, -0.15) is 0 Å². The van der Waals surface area contributed by atoms with Gasteiger partial charge in [-0.1, -0.05) is 0 Å². The number of carbonyl (C=O) groups excluding carboxylic acids is 1. The molecular formula is C24H35ClN2O5. The van der Waals surface area contributed by atoms with Gasteiger partial charge in [-0.25, -0.2) is 4.79 Å². The fourth-order valence-corrected chi connectivity index (χ4v) is 5.26. The molecule has 1 aliphatic carbocycles. The van der Waals surface area contributed by atoms with Crippen LogP contribution in [0.4, 0.5) is 0 Å². The van der Waals surface area contributed by atoms with Gasteiger partial charge >= 0.3 is 5.76 Å². The van der Waals surface area contributed by atoms with Crippen molar-refractivity contribution in [2.75, 3.05) is 33.4 Å². The second-order valence-corrected chi connectivity index (χ2v) is 9.25. The quantitative estimate of drug-likeness (QED) is 0.449. The molecular weight excluding hydrogens is 432 g/mol. The fraction of sp³-hybridized carbons (Fsp3) is 0.667. The van der Waals surface area contributed by atoms with E-state index in [1.165, 1.54) is 0 Å². The first-order chi connectivity index (χ1) is 14.9. The Bertz CT molecular complexity index is 968. The number of halogens is 1. The lowest BCUT2D eigenvalue weighted by molar-refractivity contribution is -0.0419. The summed E-state index contributed by atoms with van der Waals surface area (Å²) in [6, 6.07) is 5.34. The van der Waals surface area contributed by atoms with Crippen LogP contribution in [-0.2, 0) is 9.47 Å². The molecule has 1 aromatic heterocycles. The molecule has 0 spiro atoms. The van der Waals surface area contributed by atoms with Crippen LogP contribution in [-0.4, -0.2) is 60.3 Å². The molecule has 2 aromatic rings. The minimum atomic E-state index is -0.325. The number of carbonyl (C=O) groups is 1. The Morgan fingerprint density at radius 1 is 1.16 bits per heavy atom. The van der Waals surface area contributed by atoms with Crippen LogP contribution in [0.25, 0.3) is 11.1 Å². The van der Waals surface area contributed by atoms with Crippen LogP contribution in [0.1, 0.15) is 68.8 Å². The van der Waals surface area contributed by atoms with E-state index in [1.807, 2.05) is 0 Å². The number of benzene rings is 1. The fourth-order valence-electron chi connectivity index (χ4n) is 5.26. The van der Waals surface area contributed by atoms with Crippen molar-refractivity contribution in [3.63, 3.8) is 0 Å². The maximum Gasteiger partial charge on any atom is 0.420 e. The molecule has 4 rings (SSSR count). The molecule has 1 aromatic carbocycles. The largest absolute Gasteiger partial charge is 0.420 e. The Kier molecular flexibility index (Phi) is 8.20. The second-order valence-electron chi connectivity index (χ2n) is 9.25.